The molecule has 0 radical (unpaired) electrons. The lowest BCUT2D eigenvalue weighted by molar-refractivity contribution is 0.0602. The summed E-state index contributed by atoms with van der Waals surface area (Å²) in [5, 5.41) is 13.0. The van der Waals surface area contributed by atoms with E-state index in [1.54, 1.807) is 24.3 Å². The fraction of sp³-hybridized carbons (Fsp3) is 0.231. The minimum Gasteiger partial charge on any atom is -0.507 e. The molecule has 1 saturated heterocycles. The monoisotopic (exact) mass is 446 g/mol. The van der Waals surface area contributed by atoms with Crippen molar-refractivity contribution in [1.29, 1.82) is 0 Å². The molecule has 0 bridgehead atoms. The second kappa shape index (κ2) is 10.2. The fourth-order valence-corrected chi connectivity index (χ4v) is 3.62. The molecule has 0 unspecified atom stereocenters. The fourth-order valence-electron chi connectivity index (χ4n) is 3.62. The van der Waals surface area contributed by atoms with Gasteiger partial charge in [-0.05, 0) is 61.0 Å². The van der Waals surface area contributed by atoms with Gasteiger partial charge in [-0.15, -0.1) is 0 Å². The molecule has 0 saturated carbocycles. The Morgan fingerprint density at radius 2 is 1.76 bits per heavy atom. The van der Waals surface area contributed by atoms with E-state index in [1.165, 1.54) is 25.7 Å². The van der Waals surface area contributed by atoms with Crippen LogP contribution in [0.1, 0.15) is 27.1 Å². The smallest absolute Gasteiger partial charge is 0.339 e. The number of carbonyl (C=O) groups excluding carboxylic acids is 2. The maximum atomic E-state index is 13.0. The van der Waals surface area contributed by atoms with Gasteiger partial charge in [0.15, 0.2) is 0 Å². The van der Waals surface area contributed by atoms with E-state index in [2.05, 4.69) is 10.2 Å². The molecule has 0 aliphatic carbocycles. The van der Waals surface area contributed by atoms with Gasteiger partial charge in [0.25, 0.3) is 5.91 Å². The topological polar surface area (TPSA) is 88.1 Å². The molecule has 0 atom stereocenters. The van der Waals surface area contributed by atoms with Gasteiger partial charge in [-0.3, -0.25) is 9.69 Å². The Kier molecular flexibility index (Phi) is 6.90. The summed E-state index contributed by atoms with van der Waals surface area (Å²) >= 11 is 0. The Bertz CT molecular complexity index is 1140. The number of phenolic OH excluding ortho intramolecular Hbond substituents is 1. The average Bonchev–Trinajstić information content (AvgIpc) is 2.81. The molecule has 3 aromatic carbocycles. The molecular formula is C26H26N2O5. The van der Waals surface area contributed by atoms with Crippen molar-refractivity contribution in [2.24, 2.45) is 0 Å². The second-order valence-electron chi connectivity index (χ2n) is 7.79. The van der Waals surface area contributed by atoms with Crippen LogP contribution < -0.4 is 10.1 Å². The average molecular weight is 447 g/mol. The third kappa shape index (κ3) is 5.32. The first kappa shape index (κ1) is 22.4. The van der Waals surface area contributed by atoms with Crippen molar-refractivity contribution in [3.63, 3.8) is 0 Å². The SMILES string of the molecule is COC(=O)c1ccc(-c2ccccc2)cc1NC(=O)c1cc(OCCN2CCC2)ccc1O. The molecule has 1 aliphatic heterocycles. The second-order valence-corrected chi connectivity index (χ2v) is 7.79. The van der Waals surface area contributed by atoms with Crippen LogP contribution in [0.2, 0.25) is 0 Å². The number of ether oxygens (including phenoxy) is 2. The molecule has 1 fully saturated rings. The van der Waals surface area contributed by atoms with E-state index in [-0.39, 0.29) is 22.6 Å². The van der Waals surface area contributed by atoms with Crippen LogP contribution in [0.3, 0.4) is 0 Å². The summed E-state index contributed by atoms with van der Waals surface area (Å²) in [6, 6.07) is 19.3. The summed E-state index contributed by atoms with van der Waals surface area (Å²) in [4.78, 5) is 27.6. The van der Waals surface area contributed by atoms with E-state index in [4.69, 9.17) is 9.47 Å². The molecule has 33 heavy (non-hydrogen) atoms. The van der Waals surface area contributed by atoms with Crippen molar-refractivity contribution in [1.82, 2.24) is 4.90 Å². The molecule has 4 rings (SSSR count). The normalized spacial score (nSPS) is 13.1. The molecule has 1 amide bonds. The molecule has 2 N–H and O–H groups in total. The summed E-state index contributed by atoms with van der Waals surface area (Å²) in [5.41, 5.74) is 2.32. The largest absolute Gasteiger partial charge is 0.507 e. The number of anilines is 1. The highest BCUT2D eigenvalue weighted by molar-refractivity contribution is 6.10. The van der Waals surface area contributed by atoms with E-state index in [1.807, 2.05) is 30.3 Å². The number of methoxy groups -OCH3 is 1. The summed E-state index contributed by atoms with van der Waals surface area (Å²) in [6.07, 6.45) is 1.21. The summed E-state index contributed by atoms with van der Waals surface area (Å²) in [6.45, 7) is 3.48. The lowest BCUT2D eigenvalue weighted by Crippen LogP contribution is -2.39. The number of phenols is 1. The highest BCUT2D eigenvalue weighted by atomic mass is 16.5. The molecule has 170 valence electrons. The molecule has 0 spiro atoms. The van der Waals surface area contributed by atoms with E-state index in [9.17, 15) is 14.7 Å². The predicted octanol–water partition coefficient (Wildman–Crippen LogP) is 4.18. The minimum absolute atomic E-state index is 0.0531. The van der Waals surface area contributed by atoms with Crippen molar-refractivity contribution in [2.45, 2.75) is 6.42 Å². The minimum atomic E-state index is -0.572. The third-order valence-electron chi connectivity index (χ3n) is 5.62. The van der Waals surface area contributed by atoms with Crippen molar-refractivity contribution in [3.8, 4) is 22.6 Å². The lowest BCUT2D eigenvalue weighted by Gasteiger charge is -2.30. The lowest BCUT2D eigenvalue weighted by atomic mass is 10.0. The van der Waals surface area contributed by atoms with Gasteiger partial charge in [0.05, 0.1) is 23.9 Å². The zero-order valence-corrected chi connectivity index (χ0v) is 18.4. The Hall–Kier alpha value is -3.84. The number of benzene rings is 3. The number of nitrogens with one attached hydrogen (secondary N) is 1. The number of rotatable bonds is 8. The number of esters is 1. The Balaban J connectivity index is 1.56. The standard InChI is InChI=1S/C26H26N2O5/c1-32-26(31)21-10-8-19(18-6-3-2-4-7-18)16-23(21)27-25(30)22-17-20(9-11-24(22)29)33-15-14-28-12-5-13-28/h2-4,6-11,16-17,29H,5,12-15H2,1H3,(H,27,30). The van der Waals surface area contributed by atoms with Gasteiger partial charge in [-0.25, -0.2) is 4.79 Å². The van der Waals surface area contributed by atoms with E-state index in [0.717, 1.165) is 30.8 Å². The van der Waals surface area contributed by atoms with Gasteiger partial charge in [-0.2, -0.15) is 0 Å². The number of aromatic hydroxyl groups is 1. The summed E-state index contributed by atoms with van der Waals surface area (Å²) < 4.78 is 10.6. The van der Waals surface area contributed by atoms with Gasteiger partial charge in [0.1, 0.15) is 18.1 Å². The number of carbonyl (C=O) groups is 2. The van der Waals surface area contributed by atoms with Crippen molar-refractivity contribution < 1.29 is 24.2 Å². The number of hydrogen-bond acceptors (Lipinski definition) is 6. The van der Waals surface area contributed by atoms with Crippen LogP contribution in [-0.4, -0.2) is 55.2 Å². The Morgan fingerprint density at radius 1 is 0.970 bits per heavy atom. The number of hydrogen-bond donors (Lipinski definition) is 2. The highest BCUT2D eigenvalue weighted by Crippen LogP contribution is 2.29. The third-order valence-corrected chi connectivity index (χ3v) is 5.62. The van der Waals surface area contributed by atoms with Crippen LogP contribution in [0.25, 0.3) is 11.1 Å². The zero-order valence-electron chi connectivity index (χ0n) is 18.4. The van der Waals surface area contributed by atoms with Gasteiger partial charge in [0, 0.05) is 6.54 Å². The van der Waals surface area contributed by atoms with Gasteiger partial charge in [-0.1, -0.05) is 36.4 Å². The van der Waals surface area contributed by atoms with Crippen molar-refractivity contribution in [2.75, 3.05) is 38.7 Å². The number of nitrogens with zero attached hydrogens (tertiary/aromatic N) is 1. The molecule has 7 nitrogen and oxygen atoms in total. The van der Waals surface area contributed by atoms with Gasteiger partial charge < -0.3 is 19.9 Å². The molecule has 1 aliphatic rings. The molecule has 7 heteroatoms. The van der Waals surface area contributed by atoms with Crippen LogP contribution in [-0.2, 0) is 4.74 Å². The molecular weight excluding hydrogens is 420 g/mol. The Labute approximate surface area is 192 Å². The van der Waals surface area contributed by atoms with Crippen LogP contribution in [0.4, 0.5) is 5.69 Å². The van der Waals surface area contributed by atoms with Crippen LogP contribution in [0, 0.1) is 0 Å². The zero-order chi connectivity index (χ0) is 23.2. The van der Waals surface area contributed by atoms with Crippen LogP contribution in [0.15, 0.2) is 66.7 Å². The first-order valence-electron chi connectivity index (χ1n) is 10.8. The number of amides is 1. The van der Waals surface area contributed by atoms with Crippen LogP contribution >= 0.6 is 0 Å². The first-order chi connectivity index (χ1) is 16.0. The maximum absolute atomic E-state index is 13.0. The van der Waals surface area contributed by atoms with Crippen molar-refractivity contribution >= 4 is 17.6 Å². The van der Waals surface area contributed by atoms with Crippen molar-refractivity contribution in [3.05, 3.63) is 77.9 Å². The van der Waals surface area contributed by atoms with E-state index < -0.39 is 11.9 Å². The van der Waals surface area contributed by atoms with E-state index >= 15 is 0 Å². The summed E-state index contributed by atoms with van der Waals surface area (Å²) in [5.74, 6) is -0.820. The first-order valence-corrected chi connectivity index (χ1v) is 10.8. The van der Waals surface area contributed by atoms with Crippen LogP contribution in [0.5, 0.6) is 11.5 Å². The molecule has 0 aromatic heterocycles. The maximum Gasteiger partial charge on any atom is 0.339 e. The molecule has 1 heterocycles. The quantitative estimate of drug-likeness (QED) is 0.505. The molecule has 3 aromatic rings. The van der Waals surface area contributed by atoms with Gasteiger partial charge >= 0.3 is 5.97 Å². The predicted molar refractivity (Wildman–Crippen MR) is 126 cm³/mol. The van der Waals surface area contributed by atoms with E-state index in [0.29, 0.717) is 12.4 Å². The summed E-state index contributed by atoms with van der Waals surface area (Å²) in [7, 11) is 1.28. The number of likely N-dealkylation sites (tertiary alicyclic amines) is 1. The van der Waals surface area contributed by atoms with Gasteiger partial charge in [0.2, 0.25) is 0 Å². The highest BCUT2D eigenvalue weighted by Gasteiger charge is 2.19. The Morgan fingerprint density at radius 3 is 2.45 bits per heavy atom.